The molecule has 6 nitrogen and oxygen atoms in total. The number of carbonyl (C=O) groups excluding carboxylic acids is 1. The zero-order chi connectivity index (χ0) is 19.1. The van der Waals surface area contributed by atoms with Crippen LogP contribution in [0.15, 0.2) is 21.3 Å². The largest absolute Gasteiger partial charge is 0.339 e. The van der Waals surface area contributed by atoms with Gasteiger partial charge in [0.2, 0.25) is 5.89 Å². The Morgan fingerprint density at radius 2 is 1.92 bits per heavy atom. The summed E-state index contributed by atoms with van der Waals surface area (Å²) in [5.41, 5.74) is 0.750. The molecule has 0 aliphatic heterocycles. The van der Waals surface area contributed by atoms with Gasteiger partial charge in [0.05, 0.1) is 11.2 Å². The van der Waals surface area contributed by atoms with E-state index in [9.17, 15) is 4.79 Å². The summed E-state index contributed by atoms with van der Waals surface area (Å²) in [6.45, 7) is 11.6. The van der Waals surface area contributed by atoms with Crippen molar-refractivity contribution in [2.45, 2.75) is 52.5 Å². The van der Waals surface area contributed by atoms with E-state index in [0.29, 0.717) is 22.3 Å². The van der Waals surface area contributed by atoms with E-state index < -0.39 is 5.54 Å². The van der Waals surface area contributed by atoms with Gasteiger partial charge in [-0.15, -0.1) is 11.3 Å². The van der Waals surface area contributed by atoms with Gasteiger partial charge in [-0.3, -0.25) is 4.79 Å². The molecule has 8 heteroatoms. The number of nitrogens with one attached hydrogen (secondary N) is 1. The van der Waals surface area contributed by atoms with Crippen LogP contribution in [0.3, 0.4) is 0 Å². The summed E-state index contributed by atoms with van der Waals surface area (Å²) in [4.78, 5) is 22.4. The van der Waals surface area contributed by atoms with Crippen molar-refractivity contribution in [2.24, 2.45) is 0 Å². The molecule has 0 unspecified atom stereocenters. The Labute approximate surface area is 160 Å². The van der Waals surface area contributed by atoms with Crippen LogP contribution >= 0.6 is 22.7 Å². The van der Waals surface area contributed by atoms with E-state index in [1.807, 2.05) is 58.4 Å². The van der Waals surface area contributed by atoms with Gasteiger partial charge < -0.3 is 9.84 Å². The molecule has 0 aromatic carbocycles. The Morgan fingerprint density at radius 1 is 1.19 bits per heavy atom. The molecule has 0 fully saturated rings. The number of aryl methyl sites for hydroxylation is 1. The van der Waals surface area contributed by atoms with E-state index in [1.54, 1.807) is 11.3 Å². The van der Waals surface area contributed by atoms with Crippen molar-refractivity contribution < 1.29 is 9.32 Å². The molecule has 3 aromatic rings. The van der Waals surface area contributed by atoms with Crippen molar-refractivity contribution in [3.8, 4) is 10.6 Å². The van der Waals surface area contributed by atoms with Crippen molar-refractivity contribution in [3.05, 3.63) is 39.1 Å². The van der Waals surface area contributed by atoms with E-state index in [2.05, 4.69) is 20.4 Å². The number of hydrogen-bond donors (Lipinski definition) is 1. The Hall–Kier alpha value is -2.06. The number of thiazole rings is 1. The van der Waals surface area contributed by atoms with Crippen LogP contribution in [-0.4, -0.2) is 21.0 Å². The van der Waals surface area contributed by atoms with Crippen molar-refractivity contribution in [1.29, 1.82) is 0 Å². The zero-order valence-electron chi connectivity index (χ0n) is 15.7. The van der Waals surface area contributed by atoms with Crippen LogP contribution in [0.2, 0.25) is 0 Å². The Bertz CT molecular complexity index is 918. The Morgan fingerprint density at radius 3 is 2.50 bits per heavy atom. The third kappa shape index (κ3) is 3.71. The predicted octanol–water partition coefficient (Wildman–Crippen LogP) is 4.53. The lowest BCUT2D eigenvalue weighted by molar-refractivity contribution is 0.0911. The highest BCUT2D eigenvalue weighted by atomic mass is 32.1. The van der Waals surface area contributed by atoms with Crippen molar-refractivity contribution in [2.75, 3.05) is 0 Å². The van der Waals surface area contributed by atoms with Gasteiger partial charge in [-0.2, -0.15) is 16.3 Å². The highest BCUT2D eigenvalue weighted by Crippen LogP contribution is 2.30. The fourth-order valence-corrected chi connectivity index (χ4v) is 3.97. The number of carbonyl (C=O) groups is 1. The van der Waals surface area contributed by atoms with Gasteiger partial charge >= 0.3 is 0 Å². The van der Waals surface area contributed by atoms with Gasteiger partial charge in [0, 0.05) is 16.4 Å². The van der Waals surface area contributed by atoms with Crippen LogP contribution in [0.4, 0.5) is 0 Å². The number of nitrogens with zero attached hydrogens (tertiary/aromatic N) is 3. The van der Waals surface area contributed by atoms with Crippen LogP contribution < -0.4 is 5.32 Å². The van der Waals surface area contributed by atoms with Gasteiger partial charge in [0.1, 0.15) is 9.88 Å². The quantitative estimate of drug-likeness (QED) is 0.708. The van der Waals surface area contributed by atoms with Gasteiger partial charge in [-0.1, -0.05) is 25.9 Å². The van der Waals surface area contributed by atoms with Gasteiger partial charge in [-0.25, -0.2) is 4.98 Å². The maximum absolute atomic E-state index is 12.8. The summed E-state index contributed by atoms with van der Waals surface area (Å²) in [5, 5.41) is 11.9. The molecule has 0 radical (unpaired) electrons. The number of aromatic nitrogens is 3. The van der Waals surface area contributed by atoms with Crippen LogP contribution in [-0.2, 0) is 11.0 Å². The Balaban J connectivity index is 1.82. The Kier molecular flexibility index (Phi) is 4.74. The fourth-order valence-electron chi connectivity index (χ4n) is 2.30. The van der Waals surface area contributed by atoms with E-state index in [4.69, 9.17) is 4.52 Å². The average Bonchev–Trinajstić information content (AvgIpc) is 3.26. The molecule has 3 rings (SSSR count). The summed E-state index contributed by atoms with van der Waals surface area (Å²) >= 11 is 3.00. The zero-order valence-corrected chi connectivity index (χ0v) is 17.3. The first-order chi connectivity index (χ1) is 12.1. The molecular weight excluding hydrogens is 368 g/mol. The van der Waals surface area contributed by atoms with Crippen LogP contribution in [0, 0.1) is 6.92 Å². The molecule has 138 valence electrons. The smallest absolute Gasteiger partial charge is 0.264 e. The molecule has 0 spiro atoms. The summed E-state index contributed by atoms with van der Waals surface area (Å²) in [6.07, 6.45) is 0. The number of amides is 1. The summed E-state index contributed by atoms with van der Waals surface area (Å²) < 4.78 is 5.36. The second kappa shape index (κ2) is 6.59. The van der Waals surface area contributed by atoms with Crippen molar-refractivity contribution in [3.63, 3.8) is 0 Å². The van der Waals surface area contributed by atoms with E-state index in [-0.39, 0.29) is 11.3 Å². The van der Waals surface area contributed by atoms with E-state index in [0.717, 1.165) is 10.6 Å². The molecule has 3 aromatic heterocycles. The summed E-state index contributed by atoms with van der Waals surface area (Å²) in [6, 6.07) is 2.00. The van der Waals surface area contributed by atoms with Crippen LogP contribution in [0.5, 0.6) is 0 Å². The lowest BCUT2D eigenvalue weighted by Gasteiger charge is -2.22. The molecule has 0 saturated carbocycles. The molecular formula is C18H22N4O2S2. The highest BCUT2D eigenvalue weighted by Gasteiger charge is 2.32. The third-order valence-corrected chi connectivity index (χ3v) is 5.71. The number of hydrogen-bond acceptors (Lipinski definition) is 7. The lowest BCUT2D eigenvalue weighted by Crippen LogP contribution is -2.41. The average molecular weight is 391 g/mol. The van der Waals surface area contributed by atoms with Crippen LogP contribution in [0.1, 0.15) is 61.7 Å². The first-order valence-corrected chi connectivity index (χ1v) is 10.0. The SMILES string of the molecule is Cc1nc(-c2ccsc2)sc1C(=O)NC(C)(C)c1noc(C(C)(C)C)n1. The lowest BCUT2D eigenvalue weighted by atomic mass is 9.97. The minimum absolute atomic E-state index is 0.186. The number of thiophene rings is 1. The third-order valence-electron chi connectivity index (χ3n) is 3.82. The highest BCUT2D eigenvalue weighted by molar-refractivity contribution is 7.17. The molecule has 26 heavy (non-hydrogen) atoms. The van der Waals surface area contributed by atoms with Gasteiger partial charge in [-0.05, 0) is 32.2 Å². The second-order valence-corrected chi connectivity index (χ2v) is 9.48. The van der Waals surface area contributed by atoms with Crippen molar-refractivity contribution >= 4 is 28.6 Å². The van der Waals surface area contributed by atoms with Gasteiger partial charge in [0.25, 0.3) is 5.91 Å². The first kappa shape index (κ1) is 18.7. The second-order valence-electron chi connectivity index (χ2n) is 7.70. The topological polar surface area (TPSA) is 80.9 Å². The normalized spacial score (nSPS) is 12.4. The van der Waals surface area contributed by atoms with E-state index in [1.165, 1.54) is 11.3 Å². The van der Waals surface area contributed by atoms with Crippen LogP contribution in [0.25, 0.3) is 10.6 Å². The maximum Gasteiger partial charge on any atom is 0.264 e. The first-order valence-electron chi connectivity index (χ1n) is 8.25. The molecule has 1 N–H and O–H groups in total. The molecule has 0 aliphatic rings. The molecule has 3 heterocycles. The standard InChI is InChI=1S/C18H22N4O2S2/c1-10-12(26-14(19-10)11-7-8-25-9-11)13(23)21-18(5,6)15-20-16(24-22-15)17(2,3)4/h7-9H,1-6H3,(H,21,23). The molecule has 0 saturated heterocycles. The molecule has 0 aliphatic carbocycles. The molecule has 0 atom stereocenters. The maximum atomic E-state index is 12.8. The van der Waals surface area contributed by atoms with Crippen molar-refractivity contribution in [1.82, 2.24) is 20.4 Å². The summed E-state index contributed by atoms with van der Waals surface area (Å²) in [7, 11) is 0. The summed E-state index contributed by atoms with van der Waals surface area (Å²) in [5.74, 6) is 0.813. The minimum Gasteiger partial charge on any atom is -0.339 e. The minimum atomic E-state index is -0.761. The predicted molar refractivity (Wildman–Crippen MR) is 104 cm³/mol. The number of rotatable bonds is 4. The molecule has 0 bridgehead atoms. The van der Waals surface area contributed by atoms with Gasteiger partial charge in [0.15, 0.2) is 5.82 Å². The fraction of sp³-hybridized carbons (Fsp3) is 0.444. The monoisotopic (exact) mass is 390 g/mol. The van der Waals surface area contributed by atoms with E-state index >= 15 is 0 Å². The molecule has 1 amide bonds.